The van der Waals surface area contributed by atoms with Crippen LogP contribution in [0.5, 0.6) is 0 Å². The highest BCUT2D eigenvalue weighted by Gasteiger charge is 2.31. The maximum absolute atomic E-state index is 10.9. The minimum atomic E-state index is -0.889. The minimum Gasteiger partial charge on any atom is -0.478 e. The zero-order valence-corrected chi connectivity index (χ0v) is 12.3. The molecule has 0 saturated carbocycles. The number of aryl methyl sites for hydroxylation is 1. The number of carboxylic acids is 1. The van der Waals surface area contributed by atoms with Crippen LogP contribution in [0.1, 0.15) is 28.8 Å². The van der Waals surface area contributed by atoms with E-state index in [1.807, 2.05) is 13.0 Å². The van der Waals surface area contributed by atoms with Gasteiger partial charge in [-0.2, -0.15) is 0 Å². The molecule has 2 atom stereocenters. The third-order valence-electron chi connectivity index (χ3n) is 4.46. The fraction of sp³-hybridized carbons (Fsp3) is 0.562. The lowest BCUT2D eigenvalue weighted by Gasteiger charge is -2.35. The number of anilines is 1. The maximum Gasteiger partial charge on any atom is 0.335 e. The van der Waals surface area contributed by atoms with Gasteiger partial charge in [0, 0.05) is 24.8 Å². The first kappa shape index (κ1) is 14.4. The van der Waals surface area contributed by atoms with Crippen molar-refractivity contribution in [2.45, 2.75) is 31.9 Å². The summed E-state index contributed by atoms with van der Waals surface area (Å²) in [4.78, 5) is 13.5. The Hall–Kier alpha value is -1.59. The molecule has 0 spiro atoms. The summed E-state index contributed by atoms with van der Waals surface area (Å²) in [5.74, 6) is -0.889. The fourth-order valence-corrected chi connectivity index (χ4v) is 3.23. The van der Waals surface area contributed by atoms with Crippen LogP contribution in [0.25, 0.3) is 0 Å². The topological polar surface area (TPSA) is 61.8 Å². The van der Waals surface area contributed by atoms with Gasteiger partial charge in [-0.15, -0.1) is 0 Å². The summed E-state index contributed by atoms with van der Waals surface area (Å²) in [6, 6.07) is 5.79. The molecule has 0 radical (unpaired) electrons. The third-order valence-corrected chi connectivity index (χ3v) is 4.46. The second-order valence-electron chi connectivity index (χ2n) is 5.96. The maximum atomic E-state index is 10.9. The monoisotopic (exact) mass is 290 g/mol. The van der Waals surface area contributed by atoms with Gasteiger partial charge in [0.1, 0.15) is 0 Å². The number of hydrogen-bond acceptors (Lipinski definition) is 4. The Labute approximate surface area is 124 Å². The second kappa shape index (κ2) is 6.03. The number of rotatable bonds is 4. The molecule has 114 valence electrons. The van der Waals surface area contributed by atoms with Gasteiger partial charge in [0.05, 0.1) is 18.3 Å². The molecule has 2 unspecified atom stereocenters. The van der Waals surface area contributed by atoms with Crippen LogP contribution in [-0.4, -0.2) is 54.4 Å². The summed E-state index contributed by atoms with van der Waals surface area (Å²) < 4.78 is 5.92. The Kier molecular flexibility index (Phi) is 4.12. The highest BCUT2D eigenvalue weighted by molar-refractivity contribution is 5.88. The Bertz CT molecular complexity index is 532. The molecule has 1 aromatic carbocycles. The highest BCUT2D eigenvalue weighted by Crippen LogP contribution is 2.23. The molecule has 21 heavy (non-hydrogen) atoms. The van der Waals surface area contributed by atoms with Gasteiger partial charge in [0.2, 0.25) is 0 Å². The molecule has 2 heterocycles. The lowest BCUT2D eigenvalue weighted by atomic mass is 10.1. The normalized spacial score (nSPS) is 25.6. The van der Waals surface area contributed by atoms with E-state index in [1.54, 1.807) is 12.1 Å². The van der Waals surface area contributed by atoms with Crippen LogP contribution in [-0.2, 0) is 4.74 Å². The molecule has 1 aromatic rings. The summed E-state index contributed by atoms with van der Waals surface area (Å²) >= 11 is 0. The van der Waals surface area contributed by atoms with Crippen LogP contribution >= 0.6 is 0 Å². The molecule has 0 amide bonds. The third kappa shape index (κ3) is 3.19. The van der Waals surface area contributed by atoms with Gasteiger partial charge in [-0.05, 0) is 50.1 Å². The van der Waals surface area contributed by atoms with Gasteiger partial charge >= 0.3 is 5.97 Å². The average molecular weight is 290 g/mol. The van der Waals surface area contributed by atoms with Crippen molar-refractivity contribution in [3.63, 3.8) is 0 Å². The van der Waals surface area contributed by atoms with Crippen molar-refractivity contribution < 1.29 is 14.6 Å². The number of fused-ring (bicyclic) bond motifs is 1. The molecule has 5 heteroatoms. The minimum absolute atomic E-state index is 0.206. The summed E-state index contributed by atoms with van der Waals surface area (Å²) in [5.41, 5.74) is 2.25. The Balaban J connectivity index is 1.56. The number of ether oxygens (including phenoxy) is 1. The molecular formula is C16H22N2O3. The number of morpholine rings is 1. The van der Waals surface area contributed by atoms with E-state index in [-0.39, 0.29) is 6.10 Å². The molecule has 0 bridgehead atoms. The van der Waals surface area contributed by atoms with Gasteiger partial charge in [-0.25, -0.2) is 4.79 Å². The first-order valence-corrected chi connectivity index (χ1v) is 7.57. The van der Waals surface area contributed by atoms with Crippen LogP contribution in [0.4, 0.5) is 5.69 Å². The first-order chi connectivity index (χ1) is 10.1. The van der Waals surface area contributed by atoms with Gasteiger partial charge in [0.15, 0.2) is 0 Å². The van der Waals surface area contributed by atoms with Crippen LogP contribution in [0.2, 0.25) is 0 Å². The van der Waals surface area contributed by atoms with Gasteiger partial charge < -0.3 is 15.2 Å². The van der Waals surface area contributed by atoms with Crippen LogP contribution < -0.4 is 5.32 Å². The summed E-state index contributed by atoms with van der Waals surface area (Å²) in [6.45, 7) is 5.70. The Morgan fingerprint density at radius 1 is 1.52 bits per heavy atom. The van der Waals surface area contributed by atoms with Crippen molar-refractivity contribution in [2.75, 3.05) is 31.6 Å². The summed E-state index contributed by atoms with van der Waals surface area (Å²) in [6.07, 6.45) is 2.75. The number of hydrogen-bond donors (Lipinski definition) is 2. The number of benzene rings is 1. The smallest absolute Gasteiger partial charge is 0.335 e. The van der Waals surface area contributed by atoms with E-state index in [4.69, 9.17) is 9.84 Å². The largest absolute Gasteiger partial charge is 0.478 e. The van der Waals surface area contributed by atoms with E-state index < -0.39 is 5.97 Å². The standard InChI is InChI=1S/C16H22N2O3/c1-11-7-12(16(19)20)4-5-15(11)17-8-14-9-18-6-2-3-13(18)10-21-14/h4-5,7,13-14,17H,2-3,6,8-10H2,1H3,(H,19,20). The van der Waals surface area contributed by atoms with E-state index in [0.29, 0.717) is 11.6 Å². The molecule has 2 N–H and O–H groups in total. The highest BCUT2D eigenvalue weighted by atomic mass is 16.5. The lowest BCUT2D eigenvalue weighted by Crippen LogP contribution is -2.48. The molecule has 3 rings (SSSR count). The van der Waals surface area contributed by atoms with E-state index >= 15 is 0 Å². The van der Waals surface area contributed by atoms with E-state index in [9.17, 15) is 4.79 Å². The fourth-order valence-electron chi connectivity index (χ4n) is 3.23. The van der Waals surface area contributed by atoms with E-state index in [1.165, 1.54) is 19.4 Å². The zero-order chi connectivity index (χ0) is 14.8. The van der Waals surface area contributed by atoms with Crippen molar-refractivity contribution in [1.82, 2.24) is 4.90 Å². The van der Waals surface area contributed by atoms with Crippen molar-refractivity contribution in [1.29, 1.82) is 0 Å². The molecule has 2 aliphatic heterocycles. The van der Waals surface area contributed by atoms with Gasteiger partial charge in [0.25, 0.3) is 0 Å². The number of carbonyl (C=O) groups is 1. The molecule has 2 aliphatic rings. The molecular weight excluding hydrogens is 268 g/mol. The van der Waals surface area contributed by atoms with Crippen LogP contribution in [0, 0.1) is 6.92 Å². The second-order valence-corrected chi connectivity index (χ2v) is 5.96. The van der Waals surface area contributed by atoms with Gasteiger partial charge in [-0.1, -0.05) is 0 Å². The van der Waals surface area contributed by atoms with E-state index in [2.05, 4.69) is 10.2 Å². The Morgan fingerprint density at radius 2 is 2.38 bits per heavy atom. The number of nitrogens with one attached hydrogen (secondary N) is 1. The number of aromatic carboxylic acids is 1. The summed E-state index contributed by atoms with van der Waals surface area (Å²) in [5, 5.41) is 12.4. The molecule has 5 nitrogen and oxygen atoms in total. The molecule has 2 fully saturated rings. The zero-order valence-electron chi connectivity index (χ0n) is 12.3. The predicted molar refractivity (Wildman–Crippen MR) is 81.0 cm³/mol. The molecule has 0 aliphatic carbocycles. The quantitative estimate of drug-likeness (QED) is 0.887. The van der Waals surface area contributed by atoms with Crippen LogP contribution in [0.15, 0.2) is 18.2 Å². The molecule has 0 aromatic heterocycles. The lowest BCUT2D eigenvalue weighted by molar-refractivity contribution is -0.0415. The SMILES string of the molecule is Cc1cc(C(=O)O)ccc1NCC1CN2CCCC2CO1. The molecule has 2 saturated heterocycles. The predicted octanol–water partition coefficient (Wildman–Crippen LogP) is 1.97. The van der Waals surface area contributed by atoms with Crippen molar-refractivity contribution in [2.24, 2.45) is 0 Å². The van der Waals surface area contributed by atoms with Crippen molar-refractivity contribution in [3.8, 4) is 0 Å². The summed E-state index contributed by atoms with van der Waals surface area (Å²) in [7, 11) is 0. The van der Waals surface area contributed by atoms with E-state index in [0.717, 1.165) is 30.9 Å². The number of carboxylic acid groups (broad SMARTS) is 1. The first-order valence-electron chi connectivity index (χ1n) is 7.57. The average Bonchev–Trinajstić information content (AvgIpc) is 2.93. The van der Waals surface area contributed by atoms with Gasteiger partial charge in [-0.3, -0.25) is 4.90 Å². The Morgan fingerprint density at radius 3 is 3.14 bits per heavy atom. The van der Waals surface area contributed by atoms with Crippen molar-refractivity contribution in [3.05, 3.63) is 29.3 Å². The van der Waals surface area contributed by atoms with Crippen LogP contribution in [0.3, 0.4) is 0 Å². The number of nitrogens with zero attached hydrogens (tertiary/aromatic N) is 1. The van der Waals surface area contributed by atoms with Crippen molar-refractivity contribution >= 4 is 11.7 Å².